The van der Waals surface area contributed by atoms with Gasteiger partial charge in [0, 0.05) is 18.3 Å². The molecule has 2 aromatic heterocycles. The molecule has 2 rings (SSSR count). The number of hydrogen-bond acceptors (Lipinski definition) is 7. The number of aryl methyl sites for hydroxylation is 1. The second-order valence-corrected chi connectivity index (χ2v) is 7.95. The molecule has 1 atom stereocenters. The summed E-state index contributed by atoms with van der Waals surface area (Å²) in [5.74, 6) is 0.950. The monoisotopic (exact) mass is 447 g/mol. The van der Waals surface area contributed by atoms with Crippen molar-refractivity contribution < 1.29 is 14.3 Å². The Kier molecular flexibility index (Phi) is 10.2. The van der Waals surface area contributed by atoms with Crippen LogP contribution in [0.15, 0.2) is 23.3 Å². The van der Waals surface area contributed by atoms with E-state index in [2.05, 4.69) is 27.5 Å². The Labute approximate surface area is 188 Å². The standard InChI is InChI=1S/C22H33N5O3S/c1-6-9-13-30-19-17(11-10-12-24-19)14-25-22(23-7-2)27-16(5)20-26-15(4)18(31-20)21(28)29-8-3/h10-12,16H,6-9,13-14H2,1-5H3,(H2,23,25,27). The molecule has 0 saturated heterocycles. The minimum absolute atomic E-state index is 0.126. The summed E-state index contributed by atoms with van der Waals surface area (Å²) in [6, 6.07) is 3.73. The molecule has 0 aliphatic heterocycles. The number of esters is 1. The lowest BCUT2D eigenvalue weighted by molar-refractivity contribution is 0.0531. The van der Waals surface area contributed by atoms with Gasteiger partial charge in [0.1, 0.15) is 9.88 Å². The van der Waals surface area contributed by atoms with E-state index in [0.29, 0.717) is 42.2 Å². The van der Waals surface area contributed by atoms with Crippen LogP contribution in [0.1, 0.15) is 72.5 Å². The summed E-state index contributed by atoms with van der Waals surface area (Å²) in [5.41, 5.74) is 1.61. The molecule has 31 heavy (non-hydrogen) atoms. The molecule has 9 heteroatoms. The van der Waals surface area contributed by atoms with Gasteiger partial charge in [-0.25, -0.2) is 19.8 Å². The lowest BCUT2D eigenvalue weighted by atomic mass is 10.2. The molecule has 0 radical (unpaired) electrons. The Bertz CT molecular complexity index is 869. The van der Waals surface area contributed by atoms with Gasteiger partial charge in [-0.15, -0.1) is 11.3 Å². The molecule has 2 N–H and O–H groups in total. The molecule has 170 valence electrons. The van der Waals surface area contributed by atoms with Crippen LogP contribution in [0.2, 0.25) is 0 Å². The predicted molar refractivity (Wildman–Crippen MR) is 124 cm³/mol. The number of pyridine rings is 1. The van der Waals surface area contributed by atoms with Crippen LogP contribution in [0, 0.1) is 6.92 Å². The molecule has 0 fully saturated rings. The summed E-state index contributed by atoms with van der Waals surface area (Å²) >= 11 is 1.34. The lowest BCUT2D eigenvalue weighted by Gasteiger charge is -2.16. The Morgan fingerprint density at radius 3 is 2.84 bits per heavy atom. The summed E-state index contributed by atoms with van der Waals surface area (Å²) < 4.78 is 10.9. The SMILES string of the molecule is CCCCOc1ncccc1CN=C(NCC)NC(C)c1nc(C)c(C(=O)OCC)s1. The second-order valence-electron chi connectivity index (χ2n) is 6.92. The molecule has 0 aliphatic carbocycles. The smallest absolute Gasteiger partial charge is 0.350 e. The number of unbranched alkanes of at least 4 members (excludes halogenated alkanes) is 1. The second kappa shape index (κ2) is 12.9. The van der Waals surface area contributed by atoms with E-state index in [1.54, 1.807) is 13.1 Å². The predicted octanol–water partition coefficient (Wildman–Crippen LogP) is 4.02. The average molecular weight is 448 g/mol. The van der Waals surface area contributed by atoms with Crippen molar-refractivity contribution in [3.8, 4) is 5.88 Å². The lowest BCUT2D eigenvalue weighted by Crippen LogP contribution is -2.38. The number of carbonyl (C=O) groups is 1. The number of guanidine groups is 1. The number of aliphatic imine (C=N–C) groups is 1. The Hall–Kier alpha value is -2.68. The third kappa shape index (κ3) is 7.50. The molecule has 8 nitrogen and oxygen atoms in total. The molecular formula is C22H33N5O3S. The fraction of sp³-hybridized carbons (Fsp3) is 0.545. The van der Waals surface area contributed by atoms with Crippen LogP contribution in [0.4, 0.5) is 0 Å². The van der Waals surface area contributed by atoms with Gasteiger partial charge in [-0.05, 0) is 40.2 Å². The first-order valence-electron chi connectivity index (χ1n) is 10.8. The summed E-state index contributed by atoms with van der Waals surface area (Å²) in [4.78, 5) is 26.2. The van der Waals surface area contributed by atoms with Crippen molar-refractivity contribution in [2.45, 2.75) is 60.0 Å². The Morgan fingerprint density at radius 1 is 1.32 bits per heavy atom. The highest BCUT2D eigenvalue weighted by Gasteiger charge is 2.20. The number of hydrogen-bond donors (Lipinski definition) is 2. The van der Waals surface area contributed by atoms with Gasteiger partial charge in [0.2, 0.25) is 5.88 Å². The van der Waals surface area contributed by atoms with Crippen molar-refractivity contribution in [1.82, 2.24) is 20.6 Å². The number of carbonyl (C=O) groups excluding carboxylic acids is 1. The molecule has 0 spiro atoms. The maximum Gasteiger partial charge on any atom is 0.350 e. The Morgan fingerprint density at radius 2 is 2.13 bits per heavy atom. The number of nitrogens with zero attached hydrogens (tertiary/aromatic N) is 3. The van der Waals surface area contributed by atoms with E-state index in [0.717, 1.165) is 30.0 Å². The van der Waals surface area contributed by atoms with Crippen LogP contribution in [-0.2, 0) is 11.3 Å². The minimum Gasteiger partial charge on any atom is -0.477 e. The van der Waals surface area contributed by atoms with E-state index >= 15 is 0 Å². The highest BCUT2D eigenvalue weighted by molar-refractivity contribution is 7.13. The summed E-state index contributed by atoms with van der Waals surface area (Å²) in [7, 11) is 0. The van der Waals surface area contributed by atoms with Crippen LogP contribution in [0.3, 0.4) is 0 Å². The van der Waals surface area contributed by atoms with Crippen molar-refractivity contribution in [3.05, 3.63) is 39.5 Å². The number of nitrogens with one attached hydrogen (secondary N) is 2. The average Bonchev–Trinajstić information content (AvgIpc) is 3.15. The number of ether oxygens (including phenoxy) is 2. The third-order valence-electron chi connectivity index (χ3n) is 4.34. The summed E-state index contributed by atoms with van der Waals surface area (Å²) in [6.07, 6.45) is 3.79. The molecule has 1 unspecified atom stereocenters. The topological polar surface area (TPSA) is 97.7 Å². The van der Waals surface area contributed by atoms with Crippen LogP contribution < -0.4 is 15.4 Å². The quantitative estimate of drug-likeness (QED) is 0.232. The van der Waals surface area contributed by atoms with Gasteiger partial charge in [0.25, 0.3) is 0 Å². The van der Waals surface area contributed by atoms with Crippen molar-refractivity contribution in [1.29, 1.82) is 0 Å². The van der Waals surface area contributed by atoms with Crippen LogP contribution in [-0.4, -0.2) is 41.7 Å². The molecule has 0 bridgehead atoms. The van der Waals surface area contributed by atoms with Crippen LogP contribution in [0.5, 0.6) is 5.88 Å². The van der Waals surface area contributed by atoms with Gasteiger partial charge >= 0.3 is 5.97 Å². The maximum atomic E-state index is 12.1. The molecule has 0 aromatic carbocycles. The minimum atomic E-state index is -0.330. The number of rotatable bonds is 11. The first-order chi connectivity index (χ1) is 15.0. The molecule has 0 saturated carbocycles. The fourth-order valence-electron chi connectivity index (χ4n) is 2.73. The van der Waals surface area contributed by atoms with E-state index in [1.165, 1.54) is 11.3 Å². The maximum absolute atomic E-state index is 12.1. The number of thiazole rings is 1. The van der Waals surface area contributed by atoms with Crippen molar-refractivity contribution in [2.24, 2.45) is 4.99 Å². The summed E-state index contributed by atoms with van der Waals surface area (Å²) in [5, 5.41) is 7.42. The van der Waals surface area contributed by atoms with Crippen LogP contribution >= 0.6 is 11.3 Å². The van der Waals surface area contributed by atoms with Crippen LogP contribution in [0.25, 0.3) is 0 Å². The third-order valence-corrected chi connectivity index (χ3v) is 5.66. The van der Waals surface area contributed by atoms with Gasteiger partial charge in [0.05, 0.1) is 31.5 Å². The van der Waals surface area contributed by atoms with Crippen molar-refractivity contribution in [2.75, 3.05) is 19.8 Å². The van der Waals surface area contributed by atoms with E-state index in [9.17, 15) is 4.79 Å². The number of aromatic nitrogens is 2. The zero-order chi connectivity index (χ0) is 22.6. The molecule has 2 heterocycles. The molecule has 0 aliphatic rings. The zero-order valence-corrected chi connectivity index (χ0v) is 19.8. The molecular weight excluding hydrogens is 414 g/mol. The van der Waals surface area contributed by atoms with Gasteiger partial charge in [-0.3, -0.25) is 0 Å². The van der Waals surface area contributed by atoms with Crippen molar-refractivity contribution in [3.63, 3.8) is 0 Å². The molecule has 0 amide bonds. The normalized spacial score (nSPS) is 12.4. The van der Waals surface area contributed by atoms with E-state index in [-0.39, 0.29) is 12.0 Å². The molecule has 2 aromatic rings. The highest BCUT2D eigenvalue weighted by atomic mass is 32.1. The van der Waals surface area contributed by atoms with Gasteiger partial charge in [0.15, 0.2) is 5.96 Å². The highest BCUT2D eigenvalue weighted by Crippen LogP contribution is 2.24. The van der Waals surface area contributed by atoms with E-state index in [4.69, 9.17) is 14.5 Å². The first-order valence-corrected chi connectivity index (χ1v) is 11.6. The summed E-state index contributed by atoms with van der Waals surface area (Å²) in [6.45, 7) is 11.9. The van der Waals surface area contributed by atoms with E-state index in [1.807, 2.05) is 32.9 Å². The largest absolute Gasteiger partial charge is 0.477 e. The zero-order valence-electron chi connectivity index (χ0n) is 19.0. The fourth-order valence-corrected chi connectivity index (χ4v) is 3.69. The first kappa shape index (κ1) is 24.6. The van der Waals surface area contributed by atoms with Gasteiger partial charge < -0.3 is 20.1 Å². The van der Waals surface area contributed by atoms with Gasteiger partial charge in [-0.1, -0.05) is 19.4 Å². The van der Waals surface area contributed by atoms with E-state index < -0.39 is 0 Å². The Balaban J connectivity index is 2.10. The van der Waals surface area contributed by atoms with Gasteiger partial charge in [-0.2, -0.15) is 0 Å². The van der Waals surface area contributed by atoms with Crippen molar-refractivity contribution >= 4 is 23.3 Å².